The van der Waals surface area contributed by atoms with Crippen LogP contribution in [0, 0.1) is 0 Å². The van der Waals surface area contributed by atoms with Gasteiger partial charge in [0.2, 0.25) is 0 Å². The van der Waals surface area contributed by atoms with Crippen LogP contribution in [0.15, 0.2) is 53.1 Å². The Morgan fingerprint density at radius 3 is 2.68 bits per heavy atom. The molecule has 164 valence electrons. The van der Waals surface area contributed by atoms with Crippen molar-refractivity contribution >= 4 is 17.6 Å². The Hall–Kier alpha value is -3.55. The Morgan fingerprint density at radius 1 is 1.16 bits per heavy atom. The summed E-state index contributed by atoms with van der Waals surface area (Å²) in [5, 5.41) is 15.7. The van der Waals surface area contributed by atoms with Crippen LogP contribution in [0.2, 0.25) is 0 Å². The number of hydrogen-bond acceptors (Lipinski definition) is 5. The molecule has 0 unspecified atom stereocenters. The number of ether oxygens (including phenoxy) is 1. The second-order valence-electron chi connectivity index (χ2n) is 7.43. The fraction of sp³-hybridized carbons (Fsp3) is 0.348. The van der Waals surface area contributed by atoms with Crippen LogP contribution in [-0.4, -0.2) is 39.8 Å². The zero-order valence-corrected chi connectivity index (χ0v) is 17.7. The Labute approximate surface area is 180 Å². The van der Waals surface area contributed by atoms with Crippen molar-refractivity contribution in [2.24, 2.45) is 0 Å². The largest absolute Gasteiger partial charge is 0.491 e. The first kappa shape index (κ1) is 22.1. The van der Waals surface area contributed by atoms with E-state index in [1.54, 1.807) is 29.4 Å². The van der Waals surface area contributed by atoms with E-state index in [1.165, 1.54) is 0 Å². The molecule has 0 aliphatic heterocycles. The molecule has 0 fully saturated rings. The molecule has 2 aromatic heterocycles. The van der Waals surface area contributed by atoms with Crippen molar-refractivity contribution in [3.63, 3.8) is 0 Å². The number of carboxylic acid groups (broad SMARTS) is 1. The lowest BCUT2D eigenvalue weighted by atomic mass is 10.2. The van der Waals surface area contributed by atoms with Crippen molar-refractivity contribution in [2.45, 2.75) is 45.6 Å². The number of aliphatic carboxylic acids is 1. The van der Waals surface area contributed by atoms with Gasteiger partial charge in [0.15, 0.2) is 11.5 Å². The van der Waals surface area contributed by atoms with Gasteiger partial charge in [-0.3, -0.25) is 14.7 Å². The number of unbranched alkanes of at least 4 members (excludes halogenated alkanes) is 2. The highest BCUT2D eigenvalue weighted by Crippen LogP contribution is 2.31. The average molecular weight is 425 g/mol. The van der Waals surface area contributed by atoms with Gasteiger partial charge in [0, 0.05) is 18.5 Å². The molecule has 0 saturated carbocycles. The molecule has 0 saturated heterocycles. The molecule has 8 heteroatoms. The first-order valence-electron chi connectivity index (χ1n) is 10.3. The number of amides is 1. The third-order valence-corrected chi connectivity index (χ3v) is 4.74. The summed E-state index contributed by atoms with van der Waals surface area (Å²) in [7, 11) is 0. The van der Waals surface area contributed by atoms with Crippen LogP contribution < -0.4 is 9.64 Å². The van der Waals surface area contributed by atoms with Crippen LogP contribution in [0.3, 0.4) is 0 Å². The number of para-hydroxylation sites is 2. The maximum atomic E-state index is 13.3. The SMILES string of the molecule is CC(C)N(C(=O)c1cc(-c2ccco2)[nH]n1)c1ccccc1OCCCCCC(=O)O. The van der Waals surface area contributed by atoms with Crippen molar-refractivity contribution in [2.75, 3.05) is 11.5 Å². The fourth-order valence-electron chi connectivity index (χ4n) is 3.25. The van der Waals surface area contributed by atoms with Crippen molar-refractivity contribution in [3.05, 3.63) is 54.4 Å². The maximum Gasteiger partial charge on any atom is 0.303 e. The zero-order valence-electron chi connectivity index (χ0n) is 17.7. The number of rotatable bonds is 11. The van der Waals surface area contributed by atoms with Gasteiger partial charge >= 0.3 is 5.97 Å². The number of nitrogens with one attached hydrogen (secondary N) is 1. The molecule has 0 atom stereocenters. The van der Waals surface area contributed by atoms with Gasteiger partial charge in [-0.2, -0.15) is 5.10 Å². The number of H-pyrrole nitrogens is 1. The minimum absolute atomic E-state index is 0.128. The normalized spacial score (nSPS) is 10.9. The second-order valence-corrected chi connectivity index (χ2v) is 7.43. The molecule has 0 aliphatic carbocycles. The number of carbonyl (C=O) groups excluding carboxylic acids is 1. The molecule has 0 bridgehead atoms. The Kier molecular flexibility index (Phi) is 7.48. The van der Waals surface area contributed by atoms with Gasteiger partial charge in [0.05, 0.1) is 18.6 Å². The molecule has 0 spiro atoms. The van der Waals surface area contributed by atoms with Crippen molar-refractivity contribution < 1.29 is 23.8 Å². The van der Waals surface area contributed by atoms with Crippen molar-refractivity contribution in [1.82, 2.24) is 10.2 Å². The predicted molar refractivity (Wildman–Crippen MR) is 116 cm³/mol. The van der Waals surface area contributed by atoms with Gasteiger partial charge in [-0.15, -0.1) is 0 Å². The molecule has 2 N–H and O–H groups in total. The molecule has 3 rings (SSSR count). The van der Waals surface area contributed by atoms with Crippen LogP contribution in [0.1, 0.15) is 50.0 Å². The first-order valence-corrected chi connectivity index (χ1v) is 10.3. The predicted octanol–water partition coefficient (Wildman–Crippen LogP) is 4.75. The number of nitrogens with zero attached hydrogens (tertiary/aromatic N) is 2. The van der Waals surface area contributed by atoms with E-state index in [9.17, 15) is 9.59 Å². The van der Waals surface area contributed by atoms with E-state index in [1.807, 2.05) is 38.1 Å². The van der Waals surface area contributed by atoms with Gasteiger partial charge in [-0.05, 0) is 57.4 Å². The number of carboxylic acids is 1. The van der Waals surface area contributed by atoms with E-state index in [0.29, 0.717) is 35.9 Å². The average Bonchev–Trinajstić information content (AvgIpc) is 3.42. The number of furan rings is 1. The van der Waals surface area contributed by atoms with Crippen LogP contribution in [0.5, 0.6) is 5.75 Å². The fourth-order valence-corrected chi connectivity index (χ4v) is 3.25. The summed E-state index contributed by atoms with van der Waals surface area (Å²) in [5.41, 5.74) is 1.57. The van der Waals surface area contributed by atoms with Gasteiger partial charge < -0.3 is 19.2 Å². The molecule has 3 aromatic rings. The molecule has 2 heterocycles. The van der Waals surface area contributed by atoms with Gasteiger partial charge in [0.25, 0.3) is 5.91 Å². The van der Waals surface area contributed by atoms with E-state index in [-0.39, 0.29) is 24.1 Å². The van der Waals surface area contributed by atoms with Crippen molar-refractivity contribution in [1.29, 1.82) is 0 Å². The van der Waals surface area contributed by atoms with E-state index in [4.69, 9.17) is 14.3 Å². The molecule has 1 aromatic carbocycles. The van der Waals surface area contributed by atoms with E-state index in [2.05, 4.69) is 10.2 Å². The maximum absolute atomic E-state index is 13.3. The minimum Gasteiger partial charge on any atom is -0.491 e. The molecule has 8 nitrogen and oxygen atoms in total. The zero-order chi connectivity index (χ0) is 22.2. The second kappa shape index (κ2) is 10.5. The topological polar surface area (TPSA) is 109 Å². The van der Waals surface area contributed by atoms with Crippen LogP contribution in [0.25, 0.3) is 11.5 Å². The van der Waals surface area contributed by atoms with Gasteiger partial charge in [-0.25, -0.2) is 0 Å². The Balaban J connectivity index is 1.72. The quantitative estimate of drug-likeness (QED) is 0.429. The minimum atomic E-state index is -0.786. The summed E-state index contributed by atoms with van der Waals surface area (Å²) in [6.45, 7) is 4.31. The third-order valence-electron chi connectivity index (χ3n) is 4.74. The molecule has 0 radical (unpaired) electrons. The summed E-state index contributed by atoms with van der Waals surface area (Å²) in [5.74, 6) is 0.173. The number of aromatic nitrogens is 2. The Morgan fingerprint density at radius 2 is 1.97 bits per heavy atom. The standard InChI is InChI=1S/C23H27N3O5/c1-16(2)26(23(29)18-15-17(24-25-18)20-11-8-14-30-20)19-9-5-6-10-21(19)31-13-7-3-4-12-22(27)28/h5-6,8-11,14-16H,3-4,7,12-13H2,1-2H3,(H,24,25)(H,27,28). The summed E-state index contributed by atoms with van der Waals surface area (Å²) >= 11 is 0. The monoisotopic (exact) mass is 425 g/mol. The molecule has 1 amide bonds. The number of hydrogen-bond donors (Lipinski definition) is 2. The third kappa shape index (κ3) is 5.75. The van der Waals surface area contributed by atoms with Gasteiger partial charge in [0.1, 0.15) is 11.4 Å². The lowest BCUT2D eigenvalue weighted by Crippen LogP contribution is -2.37. The van der Waals surface area contributed by atoms with E-state index in [0.717, 1.165) is 12.8 Å². The lowest BCUT2D eigenvalue weighted by molar-refractivity contribution is -0.137. The van der Waals surface area contributed by atoms with Gasteiger partial charge in [-0.1, -0.05) is 12.1 Å². The van der Waals surface area contributed by atoms with Crippen molar-refractivity contribution in [3.8, 4) is 17.2 Å². The summed E-state index contributed by atoms with van der Waals surface area (Å²) < 4.78 is 11.3. The molecule has 0 aliphatic rings. The highest BCUT2D eigenvalue weighted by atomic mass is 16.5. The molecule has 31 heavy (non-hydrogen) atoms. The smallest absolute Gasteiger partial charge is 0.303 e. The van der Waals surface area contributed by atoms with Crippen LogP contribution >= 0.6 is 0 Å². The molecular formula is C23H27N3O5. The first-order chi connectivity index (χ1) is 15.0. The van der Waals surface area contributed by atoms with Crippen LogP contribution in [-0.2, 0) is 4.79 Å². The number of anilines is 1. The Bertz CT molecular complexity index is 994. The number of benzene rings is 1. The molecular weight excluding hydrogens is 398 g/mol. The number of aromatic amines is 1. The number of carbonyl (C=O) groups is 2. The highest BCUT2D eigenvalue weighted by molar-refractivity contribution is 6.06. The van der Waals surface area contributed by atoms with E-state index >= 15 is 0 Å². The lowest BCUT2D eigenvalue weighted by Gasteiger charge is -2.28. The van der Waals surface area contributed by atoms with Crippen LogP contribution in [0.4, 0.5) is 5.69 Å². The van der Waals surface area contributed by atoms with E-state index < -0.39 is 5.97 Å². The summed E-state index contributed by atoms with van der Waals surface area (Å²) in [6.07, 6.45) is 3.85. The highest BCUT2D eigenvalue weighted by Gasteiger charge is 2.26. The summed E-state index contributed by atoms with van der Waals surface area (Å²) in [6, 6.07) is 12.5. The summed E-state index contributed by atoms with van der Waals surface area (Å²) in [4.78, 5) is 25.6.